The van der Waals surface area contributed by atoms with Gasteiger partial charge in [0.1, 0.15) is 17.0 Å². The van der Waals surface area contributed by atoms with Crippen molar-refractivity contribution in [1.82, 2.24) is 20.3 Å². The molecule has 28 heavy (non-hydrogen) atoms. The lowest BCUT2D eigenvalue weighted by molar-refractivity contribution is 0.0913. The molecule has 0 atom stereocenters. The van der Waals surface area contributed by atoms with Crippen molar-refractivity contribution >= 4 is 28.5 Å². The fourth-order valence-electron chi connectivity index (χ4n) is 2.73. The van der Waals surface area contributed by atoms with Crippen molar-refractivity contribution in [3.63, 3.8) is 0 Å². The molecule has 8 heteroatoms. The average molecular weight is 382 g/mol. The second-order valence-electron chi connectivity index (χ2n) is 7.16. The Morgan fingerprint density at radius 1 is 1.32 bits per heavy atom. The summed E-state index contributed by atoms with van der Waals surface area (Å²) in [7, 11) is 1.66. The van der Waals surface area contributed by atoms with E-state index in [2.05, 4.69) is 25.6 Å². The Hall–Kier alpha value is -3.29. The standard InChI is InChI=1S/C20H23FN6O/c1-5-20(2,3)27-19(28)13-9-24-18-17(13)26-15(10-25-18)16(22)12-7-6-11(21)8-14(12)23-4/h6-10,22-23H,5H2,1-4H3,(H,24,25)(H,27,28). The fraction of sp³-hybridized carbons (Fsp3) is 0.300. The first-order valence-electron chi connectivity index (χ1n) is 8.99. The minimum Gasteiger partial charge on any atom is -0.387 e. The molecule has 3 rings (SSSR count). The zero-order valence-electron chi connectivity index (χ0n) is 16.3. The van der Waals surface area contributed by atoms with Crippen molar-refractivity contribution in [2.45, 2.75) is 32.7 Å². The van der Waals surface area contributed by atoms with Crippen LogP contribution in [-0.4, -0.2) is 39.2 Å². The molecule has 3 aromatic rings. The number of halogens is 1. The maximum Gasteiger partial charge on any atom is 0.255 e. The van der Waals surface area contributed by atoms with Crippen LogP contribution in [0.3, 0.4) is 0 Å². The number of amides is 1. The molecule has 4 N–H and O–H groups in total. The van der Waals surface area contributed by atoms with Crippen molar-refractivity contribution in [2.75, 3.05) is 12.4 Å². The summed E-state index contributed by atoms with van der Waals surface area (Å²) in [5, 5.41) is 14.3. The van der Waals surface area contributed by atoms with Gasteiger partial charge in [-0.2, -0.15) is 0 Å². The number of anilines is 1. The van der Waals surface area contributed by atoms with E-state index in [9.17, 15) is 9.18 Å². The largest absolute Gasteiger partial charge is 0.387 e. The molecule has 146 valence electrons. The summed E-state index contributed by atoms with van der Waals surface area (Å²) in [6, 6.07) is 4.13. The third kappa shape index (κ3) is 3.71. The Labute approximate surface area is 162 Å². The van der Waals surface area contributed by atoms with E-state index in [0.29, 0.717) is 33.7 Å². The van der Waals surface area contributed by atoms with Crippen LogP contribution in [-0.2, 0) is 0 Å². The lowest BCUT2D eigenvalue weighted by Gasteiger charge is -2.24. The van der Waals surface area contributed by atoms with Gasteiger partial charge in [-0.15, -0.1) is 0 Å². The van der Waals surface area contributed by atoms with Crippen LogP contribution in [0.25, 0.3) is 11.2 Å². The third-order valence-electron chi connectivity index (χ3n) is 4.74. The van der Waals surface area contributed by atoms with E-state index in [1.807, 2.05) is 20.8 Å². The van der Waals surface area contributed by atoms with E-state index >= 15 is 0 Å². The maximum atomic E-state index is 13.5. The molecule has 0 unspecified atom stereocenters. The van der Waals surface area contributed by atoms with Crippen molar-refractivity contribution in [1.29, 1.82) is 5.41 Å². The molecule has 0 fully saturated rings. The van der Waals surface area contributed by atoms with E-state index in [1.54, 1.807) is 13.2 Å². The van der Waals surface area contributed by atoms with Gasteiger partial charge in [0, 0.05) is 30.0 Å². The summed E-state index contributed by atoms with van der Waals surface area (Å²) in [4.78, 5) is 24.4. The number of benzene rings is 1. The molecule has 0 aliphatic rings. The van der Waals surface area contributed by atoms with E-state index in [4.69, 9.17) is 5.41 Å². The highest BCUT2D eigenvalue weighted by molar-refractivity contribution is 6.14. The number of H-pyrrole nitrogens is 1. The quantitative estimate of drug-likeness (QED) is 0.490. The van der Waals surface area contributed by atoms with Gasteiger partial charge in [0.2, 0.25) is 0 Å². The third-order valence-corrected chi connectivity index (χ3v) is 4.74. The Balaban J connectivity index is 2.01. The van der Waals surface area contributed by atoms with Gasteiger partial charge in [-0.05, 0) is 38.5 Å². The average Bonchev–Trinajstić information content (AvgIpc) is 3.10. The van der Waals surface area contributed by atoms with Crippen molar-refractivity contribution < 1.29 is 9.18 Å². The van der Waals surface area contributed by atoms with Gasteiger partial charge in [-0.25, -0.2) is 14.4 Å². The monoisotopic (exact) mass is 382 g/mol. The van der Waals surface area contributed by atoms with E-state index in [1.165, 1.54) is 24.4 Å². The fourth-order valence-corrected chi connectivity index (χ4v) is 2.73. The first-order chi connectivity index (χ1) is 13.3. The Morgan fingerprint density at radius 3 is 2.75 bits per heavy atom. The zero-order valence-corrected chi connectivity index (χ0v) is 16.3. The molecule has 0 saturated heterocycles. The predicted octanol–water partition coefficient (Wildman–Crippen LogP) is 3.47. The molecule has 7 nitrogen and oxygen atoms in total. The van der Waals surface area contributed by atoms with Gasteiger partial charge in [0.15, 0.2) is 5.65 Å². The van der Waals surface area contributed by atoms with Crippen LogP contribution < -0.4 is 10.6 Å². The summed E-state index contributed by atoms with van der Waals surface area (Å²) >= 11 is 0. The van der Waals surface area contributed by atoms with Gasteiger partial charge >= 0.3 is 0 Å². The van der Waals surface area contributed by atoms with Gasteiger partial charge in [0.25, 0.3) is 5.91 Å². The van der Waals surface area contributed by atoms with Crippen LogP contribution in [0.4, 0.5) is 10.1 Å². The molecular weight excluding hydrogens is 359 g/mol. The van der Waals surface area contributed by atoms with E-state index in [-0.39, 0.29) is 17.2 Å². The molecule has 0 saturated carbocycles. The molecule has 0 radical (unpaired) electrons. The highest BCUT2D eigenvalue weighted by Crippen LogP contribution is 2.22. The van der Waals surface area contributed by atoms with Crippen LogP contribution in [0, 0.1) is 11.2 Å². The van der Waals surface area contributed by atoms with Crippen LogP contribution in [0.15, 0.2) is 30.6 Å². The Morgan fingerprint density at radius 2 is 2.07 bits per heavy atom. The maximum absolute atomic E-state index is 13.5. The van der Waals surface area contributed by atoms with E-state index in [0.717, 1.165) is 6.42 Å². The number of hydrogen-bond donors (Lipinski definition) is 4. The molecule has 1 amide bonds. The summed E-state index contributed by atoms with van der Waals surface area (Å²) in [5.41, 5.74) is 2.21. The second-order valence-corrected chi connectivity index (χ2v) is 7.16. The van der Waals surface area contributed by atoms with Crippen LogP contribution >= 0.6 is 0 Å². The SMILES string of the molecule is CCC(C)(C)NC(=O)c1c[nH]c2ncc(C(=N)c3ccc(F)cc3NC)nc12. The Bertz CT molecular complexity index is 1060. The smallest absolute Gasteiger partial charge is 0.255 e. The van der Waals surface area contributed by atoms with Gasteiger partial charge < -0.3 is 15.6 Å². The number of aromatic nitrogens is 3. The molecular formula is C20H23FN6O. The van der Waals surface area contributed by atoms with Crippen molar-refractivity contribution in [3.05, 3.63) is 53.2 Å². The molecule has 0 bridgehead atoms. The van der Waals surface area contributed by atoms with Crippen LogP contribution in [0.5, 0.6) is 0 Å². The number of hydrogen-bond acceptors (Lipinski definition) is 5. The van der Waals surface area contributed by atoms with Crippen LogP contribution in [0.1, 0.15) is 48.8 Å². The molecule has 2 aromatic heterocycles. The normalized spacial score (nSPS) is 11.5. The molecule has 0 aliphatic heterocycles. The number of carbonyl (C=O) groups excluding carboxylic acids is 1. The summed E-state index contributed by atoms with van der Waals surface area (Å²) in [5.74, 6) is -0.653. The lowest BCUT2D eigenvalue weighted by Crippen LogP contribution is -2.42. The number of rotatable bonds is 6. The first kappa shape index (κ1) is 19.5. The number of nitrogens with one attached hydrogen (secondary N) is 4. The zero-order chi connectivity index (χ0) is 20.5. The number of carbonyl (C=O) groups is 1. The molecule has 0 aliphatic carbocycles. The molecule has 2 heterocycles. The number of nitrogens with zero attached hydrogens (tertiary/aromatic N) is 2. The Kier molecular flexibility index (Phi) is 5.13. The summed E-state index contributed by atoms with van der Waals surface area (Å²) in [6.45, 7) is 5.89. The minimum atomic E-state index is -0.398. The molecule has 1 aromatic carbocycles. The summed E-state index contributed by atoms with van der Waals surface area (Å²) in [6.07, 6.45) is 3.80. The number of fused-ring (bicyclic) bond motifs is 1. The van der Waals surface area contributed by atoms with Crippen molar-refractivity contribution in [3.8, 4) is 0 Å². The number of aromatic amines is 1. The lowest BCUT2D eigenvalue weighted by atomic mass is 10.0. The van der Waals surface area contributed by atoms with Crippen molar-refractivity contribution in [2.24, 2.45) is 0 Å². The molecule has 0 spiro atoms. The predicted molar refractivity (Wildman–Crippen MR) is 108 cm³/mol. The second kappa shape index (κ2) is 7.38. The van der Waals surface area contributed by atoms with E-state index < -0.39 is 5.82 Å². The summed E-state index contributed by atoms with van der Waals surface area (Å²) < 4.78 is 13.5. The highest BCUT2D eigenvalue weighted by atomic mass is 19.1. The minimum absolute atomic E-state index is 0.0835. The van der Waals surface area contributed by atoms with Gasteiger partial charge in [-0.1, -0.05) is 6.92 Å². The highest BCUT2D eigenvalue weighted by Gasteiger charge is 2.22. The topological polar surface area (TPSA) is 107 Å². The van der Waals surface area contributed by atoms with Crippen LogP contribution in [0.2, 0.25) is 0 Å². The first-order valence-corrected chi connectivity index (χ1v) is 8.99. The van der Waals surface area contributed by atoms with Gasteiger partial charge in [0.05, 0.1) is 17.5 Å². The van der Waals surface area contributed by atoms with Gasteiger partial charge in [-0.3, -0.25) is 10.2 Å².